The van der Waals surface area contributed by atoms with Crippen LogP contribution in [0.4, 0.5) is 83.3 Å². The average Bonchev–Trinajstić information content (AvgIpc) is 1.98. The SMILES string of the molecule is CC(=O)OC1CC2CC[C@@H](C1)N2c1ccc(C(F)(F)F)cn1.CCCOc1cc(C(F)(F)F)ccc1OC1CC2CC[C@@H](C1)N2c1ccc(C(F)(F)F)cn1.CCCOc1cc(C(F)(F)F)ccc1S.OC1CC2CC[C@@H](C1)N2c1ccc(C(F)(F)F)cn1. The molecule has 6 aliphatic rings. The molecule has 488 valence electrons. The third-order valence-electron chi connectivity index (χ3n) is 16.2. The van der Waals surface area contributed by atoms with Gasteiger partial charge in [-0.1, -0.05) is 13.8 Å². The van der Waals surface area contributed by atoms with Gasteiger partial charge in [-0.2, -0.15) is 65.9 Å². The number of nitrogens with zero attached hydrogens (tertiary/aromatic N) is 6. The molecule has 2 aromatic carbocycles. The molecule has 0 saturated carbocycles. The van der Waals surface area contributed by atoms with Crippen LogP contribution >= 0.6 is 12.6 Å². The summed E-state index contributed by atoms with van der Waals surface area (Å²) in [6.07, 6.45) is -9.11. The molecule has 0 amide bonds. The minimum absolute atomic E-state index is 0.0347. The van der Waals surface area contributed by atoms with Crippen LogP contribution in [0.1, 0.15) is 138 Å². The maximum atomic E-state index is 13.1. The van der Waals surface area contributed by atoms with Crippen LogP contribution in [0.5, 0.6) is 17.2 Å². The number of pyridine rings is 3. The number of alkyl halides is 15. The Morgan fingerprint density at radius 3 is 1.13 bits per heavy atom. The predicted molar refractivity (Wildman–Crippen MR) is 301 cm³/mol. The van der Waals surface area contributed by atoms with Crippen molar-refractivity contribution < 1.29 is 94.7 Å². The molecule has 0 radical (unpaired) electrons. The Morgan fingerprint density at radius 2 is 0.798 bits per heavy atom. The van der Waals surface area contributed by atoms with Gasteiger partial charge in [0.2, 0.25) is 0 Å². The summed E-state index contributed by atoms with van der Waals surface area (Å²) in [4.78, 5) is 29.7. The first-order valence-electron chi connectivity index (χ1n) is 29.1. The highest BCUT2D eigenvalue weighted by molar-refractivity contribution is 7.80. The maximum Gasteiger partial charge on any atom is 0.417 e. The molecule has 6 fully saturated rings. The largest absolute Gasteiger partial charge is 0.492 e. The van der Waals surface area contributed by atoms with Gasteiger partial charge in [-0.15, -0.1) is 12.6 Å². The van der Waals surface area contributed by atoms with Crippen molar-refractivity contribution in [1.82, 2.24) is 15.0 Å². The fourth-order valence-corrected chi connectivity index (χ4v) is 12.6. The second-order valence-electron chi connectivity index (χ2n) is 22.7. The quantitative estimate of drug-likeness (QED) is 0.0702. The van der Waals surface area contributed by atoms with Gasteiger partial charge in [0, 0.05) is 92.3 Å². The number of rotatable bonds is 12. The van der Waals surface area contributed by atoms with Crippen LogP contribution in [0.15, 0.2) is 96.3 Å². The predicted octanol–water partition coefficient (Wildman–Crippen LogP) is 16.0. The standard InChI is InChI=1S/C23H24F6N2O2.C15H17F3N2O2.C13H15F3N2O.C10H11F3OS/c1-2-9-32-20-10-14(22(24,25)26)3-7-19(20)33-18-11-16-5-6-17(12-18)31(16)21-8-4-15(13-30-21)23(27,28)29;1-9(21)22-13-6-11-3-4-12(7-13)20(11)14-5-2-10(8-19-14)15(16,17)18;14-13(15,16)8-1-4-12(17-7-8)18-9-2-3-10(18)6-11(19)5-9;1-2-5-14-8-6-7(10(11,12)13)3-4-9(8)15/h3-4,7-8,10,13,16-18H,2,5-6,9,11-12H2,1H3;2,5,8,11-13H,3-4,6-7H2,1H3;1,4,7,9-11,19H,2-3,5-6H2;3-4,6,15H,2,5H2,1H3/t16-,17?,18?;11-,12?,13?;9-,10?,11?;/m000./s1. The number of carbonyl (C=O) groups excluding carboxylic acids is 1. The highest BCUT2D eigenvalue weighted by Crippen LogP contribution is 2.45. The van der Waals surface area contributed by atoms with Gasteiger partial charge in [0.15, 0.2) is 11.5 Å². The van der Waals surface area contributed by atoms with Gasteiger partial charge in [0.05, 0.1) is 47.1 Å². The topological polar surface area (TPSA) is 123 Å². The van der Waals surface area contributed by atoms with Gasteiger partial charge < -0.3 is 38.8 Å². The summed E-state index contributed by atoms with van der Waals surface area (Å²) in [5.74, 6) is 1.87. The Bertz CT molecular complexity index is 3080. The monoisotopic (exact) mass is 1300 g/mol. The van der Waals surface area contributed by atoms with Crippen molar-refractivity contribution >= 4 is 36.1 Å². The Hall–Kier alpha value is -6.58. The number of aliphatic hydroxyl groups is 1. The lowest BCUT2D eigenvalue weighted by Crippen LogP contribution is -2.46. The number of piperidine rings is 3. The van der Waals surface area contributed by atoms with E-state index in [1.165, 1.54) is 37.3 Å². The van der Waals surface area contributed by atoms with Crippen molar-refractivity contribution in [3.8, 4) is 17.2 Å². The number of aromatic nitrogens is 3. The van der Waals surface area contributed by atoms with Gasteiger partial charge in [0.25, 0.3) is 0 Å². The molecular formula is C61H67F15N6O6S. The molecule has 3 aromatic heterocycles. The molecule has 5 aromatic rings. The number of fused-ring (bicyclic) bond motifs is 6. The van der Waals surface area contributed by atoms with Crippen LogP contribution in [0.25, 0.3) is 0 Å². The number of esters is 1. The number of benzene rings is 2. The summed E-state index contributed by atoms with van der Waals surface area (Å²) in [7, 11) is 0. The Morgan fingerprint density at radius 1 is 0.472 bits per heavy atom. The Kier molecular flexibility index (Phi) is 21.7. The molecule has 11 rings (SSSR count). The van der Waals surface area contributed by atoms with Crippen LogP contribution in [0, 0.1) is 0 Å². The minimum Gasteiger partial charge on any atom is -0.492 e. The molecule has 6 saturated heterocycles. The van der Waals surface area contributed by atoms with Crippen LogP contribution in [0.3, 0.4) is 0 Å². The van der Waals surface area contributed by atoms with E-state index in [-0.39, 0.29) is 84.4 Å². The normalized spacial score (nSPS) is 23.9. The van der Waals surface area contributed by atoms with Gasteiger partial charge in [0.1, 0.15) is 35.4 Å². The van der Waals surface area contributed by atoms with E-state index < -0.39 is 58.7 Å². The van der Waals surface area contributed by atoms with E-state index in [0.29, 0.717) is 73.9 Å². The van der Waals surface area contributed by atoms with Crippen LogP contribution in [0.2, 0.25) is 0 Å². The molecule has 6 bridgehead atoms. The molecule has 12 nitrogen and oxygen atoms in total. The number of halogens is 15. The molecule has 89 heavy (non-hydrogen) atoms. The fourth-order valence-electron chi connectivity index (χ4n) is 12.4. The number of aliphatic hydroxyl groups excluding tert-OH is 1. The van der Waals surface area contributed by atoms with E-state index in [4.69, 9.17) is 18.9 Å². The van der Waals surface area contributed by atoms with Crippen LogP contribution in [-0.2, 0) is 40.4 Å². The van der Waals surface area contributed by atoms with E-state index in [2.05, 4.69) is 37.4 Å². The third kappa shape index (κ3) is 17.7. The highest BCUT2D eigenvalue weighted by Gasteiger charge is 2.46. The zero-order valence-electron chi connectivity index (χ0n) is 48.5. The number of hydrogen-bond acceptors (Lipinski definition) is 13. The van der Waals surface area contributed by atoms with E-state index in [9.17, 15) is 75.8 Å². The zero-order valence-corrected chi connectivity index (χ0v) is 49.4. The Labute approximate surface area is 509 Å². The maximum absolute atomic E-state index is 13.1. The Balaban J connectivity index is 0.000000160. The van der Waals surface area contributed by atoms with Crippen molar-refractivity contribution in [2.24, 2.45) is 0 Å². The highest BCUT2D eigenvalue weighted by atomic mass is 32.1. The number of hydrogen-bond donors (Lipinski definition) is 2. The van der Waals surface area contributed by atoms with Crippen molar-refractivity contribution in [3.05, 3.63) is 119 Å². The van der Waals surface area contributed by atoms with Crippen molar-refractivity contribution in [2.75, 3.05) is 27.9 Å². The molecule has 6 unspecified atom stereocenters. The smallest absolute Gasteiger partial charge is 0.417 e. The molecule has 28 heteroatoms. The van der Waals surface area contributed by atoms with Gasteiger partial charge >= 0.3 is 36.9 Å². The van der Waals surface area contributed by atoms with E-state index in [0.717, 1.165) is 106 Å². The van der Waals surface area contributed by atoms with E-state index >= 15 is 0 Å². The van der Waals surface area contributed by atoms with E-state index in [1.807, 2.05) is 18.7 Å². The second-order valence-corrected chi connectivity index (χ2v) is 23.1. The van der Waals surface area contributed by atoms with Crippen molar-refractivity contribution in [1.29, 1.82) is 0 Å². The third-order valence-corrected chi connectivity index (χ3v) is 16.6. The van der Waals surface area contributed by atoms with Crippen LogP contribution in [-0.4, -0.2) is 93.8 Å². The van der Waals surface area contributed by atoms with Gasteiger partial charge in [-0.25, -0.2) is 15.0 Å². The van der Waals surface area contributed by atoms with E-state index in [1.54, 1.807) is 0 Å². The lowest BCUT2D eigenvalue weighted by Gasteiger charge is -2.39. The summed E-state index contributed by atoms with van der Waals surface area (Å²) in [5, 5.41) is 9.71. The molecule has 6 aliphatic heterocycles. The second kappa shape index (κ2) is 28.3. The summed E-state index contributed by atoms with van der Waals surface area (Å²) < 4.78 is 212. The minimum atomic E-state index is -4.48. The number of carbonyl (C=O) groups is 1. The molecule has 1 N–H and O–H groups in total. The molecule has 9 heterocycles. The lowest BCUT2D eigenvalue weighted by atomic mass is 9.99. The summed E-state index contributed by atoms with van der Waals surface area (Å²) in [6.45, 7) is 5.78. The van der Waals surface area contributed by atoms with Crippen LogP contribution < -0.4 is 28.9 Å². The summed E-state index contributed by atoms with van der Waals surface area (Å²) in [5.41, 5.74) is -3.77. The first kappa shape index (κ1) is 68.3. The summed E-state index contributed by atoms with van der Waals surface area (Å²) in [6, 6.07) is 14.7. The molecule has 0 aliphatic carbocycles. The fraction of sp³-hybridized carbons (Fsp3) is 0.541. The molecular weight excluding hydrogens is 1230 g/mol. The van der Waals surface area contributed by atoms with Crippen molar-refractivity contribution in [3.63, 3.8) is 0 Å². The molecule has 9 atom stereocenters. The average molecular weight is 1300 g/mol. The van der Waals surface area contributed by atoms with Crippen molar-refractivity contribution in [2.45, 2.75) is 201 Å². The lowest BCUT2D eigenvalue weighted by molar-refractivity contribution is -0.148. The van der Waals surface area contributed by atoms with Gasteiger partial charge in [-0.3, -0.25) is 4.79 Å². The van der Waals surface area contributed by atoms with Gasteiger partial charge in [-0.05, 0) is 137 Å². The molecule has 0 spiro atoms. The summed E-state index contributed by atoms with van der Waals surface area (Å²) >= 11 is 4.02. The number of anilines is 3. The number of thiol groups is 1. The number of ether oxygens (including phenoxy) is 4. The first-order chi connectivity index (χ1) is 41.8. The first-order valence-corrected chi connectivity index (χ1v) is 29.6. The zero-order chi connectivity index (χ0) is 64.8.